The SMILES string of the molecule is Cc1ccc(-c2[nH]c3c(Cl)cccc3c2C=O)s1. The number of aldehydes is 1. The number of benzene rings is 1. The number of aryl methyl sites for hydroxylation is 1. The number of aromatic nitrogens is 1. The third-order valence-corrected chi connectivity index (χ3v) is 4.26. The molecule has 90 valence electrons. The molecule has 0 aliphatic carbocycles. The fourth-order valence-corrected chi connectivity index (χ4v) is 3.19. The van der Waals surface area contributed by atoms with Crippen LogP contribution in [0, 0.1) is 6.92 Å². The van der Waals surface area contributed by atoms with Gasteiger partial charge in [0, 0.05) is 15.8 Å². The van der Waals surface area contributed by atoms with Crippen LogP contribution in [0.2, 0.25) is 5.02 Å². The van der Waals surface area contributed by atoms with Gasteiger partial charge in [-0.25, -0.2) is 0 Å². The second-order valence-electron chi connectivity index (χ2n) is 4.10. The zero-order valence-corrected chi connectivity index (χ0v) is 11.2. The van der Waals surface area contributed by atoms with Crippen LogP contribution in [0.1, 0.15) is 15.2 Å². The van der Waals surface area contributed by atoms with E-state index in [9.17, 15) is 4.79 Å². The van der Waals surface area contributed by atoms with Crippen LogP contribution in [0.4, 0.5) is 0 Å². The number of para-hydroxylation sites is 1. The van der Waals surface area contributed by atoms with Crippen LogP contribution in [-0.4, -0.2) is 11.3 Å². The topological polar surface area (TPSA) is 32.9 Å². The number of carbonyl (C=O) groups is 1. The number of hydrogen-bond acceptors (Lipinski definition) is 2. The van der Waals surface area contributed by atoms with Gasteiger partial charge in [0.2, 0.25) is 0 Å². The van der Waals surface area contributed by atoms with Gasteiger partial charge in [0.25, 0.3) is 0 Å². The summed E-state index contributed by atoms with van der Waals surface area (Å²) in [7, 11) is 0. The van der Waals surface area contributed by atoms with E-state index in [0.717, 1.165) is 27.8 Å². The Morgan fingerprint density at radius 2 is 2.11 bits per heavy atom. The highest BCUT2D eigenvalue weighted by Crippen LogP contribution is 2.35. The van der Waals surface area contributed by atoms with E-state index in [0.29, 0.717) is 10.6 Å². The Balaban J connectivity index is 2.36. The van der Waals surface area contributed by atoms with Gasteiger partial charge in [-0.3, -0.25) is 4.79 Å². The Hall–Kier alpha value is -1.58. The first-order valence-electron chi connectivity index (χ1n) is 5.53. The predicted octanol–water partition coefficient (Wildman–Crippen LogP) is 4.67. The Labute approximate surface area is 113 Å². The quantitative estimate of drug-likeness (QED) is 0.677. The number of hydrogen-bond donors (Lipinski definition) is 1. The maximum Gasteiger partial charge on any atom is 0.152 e. The zero-order valence-electron chi connectivity index (χ0n) is 9.66. The Morgan fingerprint density at radius 1 is 1.28 bits per heavy atom. The summed E-state index contributed by atoms with van der Waals surface area (Å²) in [5, 5.41) is 1.51. The molecule has 0 unspecified atom stereocenters. The van der Waals surface area contributed by atoms with Crippen molar-refractivity contribution < 1.29 is 4.79 Å². The fourth-order valence-electron chi connectivity index (χ4n) is 2.09. The molecule has 1 aromatic carbocycles. The first kappa shape index (κ1) is 11.5. The second kappa shape index (κ2) is 4.26. The smallest absolute Gasteiger partial charge is 0.152 e. The Kier molecular flexibility index (Phi) is 2.73. The highest BCUT2D eigenvalue weighted by Gasteiger charge is 2.15. The van der Waals surface area contributed by atoms with Gasteiger partial charge >= 0.3 is 0 Å². The average molecular weight is 276 g/mol. The number of nitrogens with one attached hydrogen (secondary N) is 1. The average Bonchev–Trinajstić information content (AvgIpc) is 2.93. The Morgan fingerprint density at radius 3 is 2.78 bits per heavy atom. The number of thiophene rings is 1. The summed E-state index contributed by atoms with van der Waals surface area (Å²) in [6, 6.07) is 9.64. The number of halogens is 1. The van der Waals surface area contributed by atoms with Crippen molar-refractivity contribution in [2.24, 2.45) is 0 Å². The molecular weight excluding hydrogens is 266 g/mol. The third kappa shape index (κ3) is 1.67. The fraction of sp³-hybridized carbons (Fsp3) is 0.0714. The van der Waals surface area contributed by atoms with Crippen molar-refractivity contribution in [2.75, 3.05) is 0 Å². The van der Waals surface area contributed by atoms with Crippen molar-refractivity contribution in [1.29, 1.82) is 0 Å². The molecule has 2 aromatic heterocycles. The molecule has 2 heterocycles. The van der Waals surface area contributed by atoms with Gasteiger partial charge in [0.15, 0.2) is 6.29 Å². The van der Waals surface area contributed by atoms with Crippen molar-refractivity contribution in [1.82, 2.24) is 4.98 Å². The van der Waals surface area contributed by atoms with Crippen molar-refractivity contribution >= 4 is 40.1 Å². The summed E-state index contributed by atoms with van der Waals surface area (Å²) in [6.07, 6.45) is 0.888. The normalized spacial score (nSPS) is 11.0. The minimum absolute atomic E-state index is 0.634. The first-order valence-corrected chi connectivity index (χ1v) is 6.72. The van der Waals surface area contributed by atoms with Crippen molar-refractivity contribution in [2.45, 2.75) is 6.92 Å². The molecule has 4 heteroatoms. The van der Waals surface area contributed by atoms with E-state index < -0.39 is 0 Å². The van der Waals surface area contributed by atoms with Crippen LogP contribution < -0.4 is 0 Å². The molecule has 0 aliphatic heterocycles. The molecule has 0 radical (unpaired) electrons. The van der Waals surface area contributed by atoms with E-state index in [1.807, 2.05) is 37.3 Å². The molecule has 0 aliphatic rings. The van der Waals surface area contributed by atoms with Gasteiger partial charge in [0.1, 0.15) is 0 Å². The maximum absolute atomic E-state index is 11.3. The largest absolute Gasteiger partial charge is 0.352 e. The molecule has 2 nitrogen and oxygen atoms in total. The number of H-pyrrole nitrogens is 1. The standard InChI is InChI=1S/C14H10ClNOS/c1-8-5-6-12(18-8)14-10(7-17)9-3-2-4-11(15)13(9)16-14/h2-7,16H,1H3. The number of aromatic amines is 1. The van der Waals surface area contributed by atoms with Gasteiger partial charge in [-0.05, 0) is 25.1 Å². The van der Waals surface area contributed by atoms with Crippen LogP contribution in [0.3, 0.4) is 0 Å². The van der Waals surface area contributed by atoms with E-state index in [-0.39, 0.29) is 0 Å². The van der Waals surface area contributed by atoms with E-state index in [1.165, 1.54) is 4.88 Å². The van der Waals surface area contributed by atoms with Crippen LogP contribution in [-0.2, 0) is 0 Å². The molecule has 3 rings (SSSR count). The number of carbonyl (C=O) groups excluding carboxylic acids is 1. The third-order valence-electron chi connectivity index (χ3n) is 2.93. The number of fused-ring (bicyclic) bond motifs is 1. The van der Waals surface area contributed by atoms with Crippen LogP contribution in [0.15, 0.2) is 30.3 Å². The van der Waals surface area contributed by atoms with Gasteiger partial charge in [0.05, 0.1) is 21.1 Å². The summed E-state index contributed by atoms with van der Waals surface area (Å²) in [6.45, 7) is 2.05. The summed E-state index contributed by atoms with van der Waals surface area (Å²) in [4.78, 5) is 16.9. The molecule has 0 saturated heterocycles. The van der Waals surface area contributed by atoms with Crippen LogP contribution in [0.5, 0.6) is 0 Å². The molecule has 0 amide bonds. The Bertz CT molecular complexity index is 741. The molecule has 0 saturated carbocycles. The monoisotopic (exact) mass is 275 g/mol. The lowest BCUT2D eigenvalue weighted by Gasteiger charge is -1.93. The van der Waals surface area contributed by atoms with Crippen molar-refractivity contribution in [3.63, 3.8) is 0 Å². The van der Waals surface area contributed by atoms with Crippen LogP contribution >= 0.6 is 22.9 Å². The molecule has 0 fully saturated rings. The summed E-state index contributed by atoms with van der Waals surface area (Å²) < 4.78 is 0. The lowest BCUT2D eigenvalue weighted by atomic mass is 10.1. The minimum atomic E-state index is 0.634. The predicted molar refractivity (Wildman–Crippen MR) is 76.7 cm³/mol. The minimum Gasteiger partial charge on any atom is -0.352 e. The molecule has 3 aromatic rings. The van der Waals surface area contributed by atoms with E-state index in [1.54, 1.807) is 11.3 Å². The van der Waals surface area contributed by atoms with Gasteiger partial charge in [-0.15, -0.1) is 11.3 Å². The first-order chi connectivity index (χ1) is 8.70. The van der Waals surface area contributed by atoms with Gasteiger partial charge in [-0.2, -0.15) is 0 Å². The van der Waals surface area contributed by atoms with E-state index >= 15 is 0 Å². The molecule has 0 spiro atoms. The highest BCUT2D eigenvalue weighted by molar-refractivity contribution is 7.15. The summed E-state index contributed by atoms with van der Waals surface area (Å²) in [5.41, 5.74) is 2.35. The molecule has 18 heavy (non-hydrogen) atoms. The summed E-state index contributed by atoms with van der Waals surface area (Å²) in [5.74, 6) is 0. The molecule has 0 bridgehead atoms. The van der Waals surface area contributed by atoms with Crippen molar-refractivity contribution in [3.05, 3.63) is 45.8 Å². The van der Waals surface area contributed by atoms with Crippen molar-refractivity contribution in [3.8, 4) is 10.6 Å². The summed E-state index contributed by atoms with van der Waals surface area (Å²) >= 11 is 7.81. The number of rotatable bonds is 2. The van der Waals surface area contributed by atoms with E-state index in [4.69, 9.17) is 11.6 Å². The lowest BCUT2D eigenvalue weighted by Crippen LogP contribution is -1.80. The second-order valence-corrected chi connectivity index (χ2v) is 5.80. The molecule has 0 atom stereocenters. The molecule has 1 N–H and O–H groups in total. The van der Waals surface area contributed by atoms with E-state index in [2.05, 4.69) is 4.98 Å². The lowest BCUT2D eigenvalue weighted by molar-refractivity contribution is 0.112. The zero-order chi connectivity index (χ0) is 12.7. The maximum atomic E-state index is 11.3. The van der Waals surface area contributed by atoms with Gasteiger partial charge < -0.3 is 4.98 Å². The molecular formula is C14H10ClNOS. The van der Waals surface area contributed by atoms with Gasteiger partial charge in [-0.1, -0.05) is 23.7 Å². The highest BCUT2D eigenvalue weighted by atomic mass is 35.5. The van der Waals surface area contributed by atoms with Crippen LogP contribution in [0.25, 0.3) is 21.5 Å².